The Bertz CT molecular complexity index is 283. The molecule has 0 amide bonds. The van der Waals surface area contributed by atoms with E-state index in [1.807, 2.05) is 6.08 Å². The van der Waals surface area contributed by atoms with Gasteiger partial charge >= 0.3 is 5.97 Å². The van der Waals surface area contributed by atoms with Crippen molar-refractivity contribution in [3.05, 3.63) is 12.7 Å². The summed E-state index contributed by atoms with van der Waals surface area (Å²) in [6.07, 6.45) is 9.88. The number of allylic oxidation sites excluding steroid dienone is 1. The van der Waals surface area contributed by atoms with Crippen LogP contribution in [0.3, 0.4) is 0 Å². The average molecular weight is 250 g/mol. The molecule has 102 valence electrons. The predicted molar refractivity (Wildman–Crippen MR) is 76.1 cm³/mol. The molecule has 1 unspecified atom stereocenters. The number of rotatable bonds is 9. The van der Waals surface area contributed by atoms with E-state index in [1.165, 1.54) is 32.6 Å². The molecule has 0 rings (SSSR count). The van der Waals surface area contributed by atoms with E-state index >= 15 is 0 Å². The van der Waals surface area contributed by atoms with Gasteiger partial charge in [-0.05, 0) is 19.8 Å². The molecule has 0 aliphatic rings. The maximum atomic E-state index is 10.5. The summed E-state index contributed by atoms with van der Waals surface area (Å²) in [6.45, 7) is 7.78. The van der Waals surface area contributed by atoms with Crippen molar-refractivity contribution >= 4 is 5.97 Å². The van der Waals surface area contributed by atoms with Gasteiger partial charge in [0.2, 0.25) is 0 Å². The fourth-order valence-corrected chi connectivity index (χ4v) is 1.53. The highest BCUT2D eigenvalue weighted by molar-refractivity contribution is 5.65. The van der Waals surface area contributed by atoms with Gasteiger partial charge in [-0.2, -0.15) is 0 Å². The lowest BCUT2D eigenvalue weighted by Gasteiger charge is -2.01. The molecule has 0 spiro atoms. The van der Waals surface area contributed by atoms with Crippen molar-refractivity contribution in [3.63, 3.8) is 0 Å². The minimum atomic E-state index is -0.178. The number of carbonyl (C=O) groups is 1. The van der Waals surface area contributed by atoms with E-state index in [2.05, 4.69) is 25.3 Å². The fraction of sp³-hybridized carbons (Fsp3) is 0.688. The van der Waals surface area contributed by atoms with Gasteiger partial charge in [0.1, 0.15) is 0 Å². The first-order valence-corrected chi connectivity index (χ1v) is 6.91. The number of ether oxygens (including phenoxy) is 1. The zero-order valence-electron chi connectivity index (χ0n) is 11.8. The van der Waals surface area contributed by atoms with Crippen molar-refractivity contribution in [2.24, 2.45) is 5.92 Å². The molecule has 0 aromatic rings. The molecule has 0 saturated carbocycles. The van der Waals surface area contributed by atoms with Gasteiger partial charge in [0.15, 0.2) is 0 Å². The van der Waals surface area contributed by atoms with Crippen molar-refractivity contribution in [2.45, 2.75) is 58.8 Å². The van der Waals surface area contributed by atoms with Crippen LogP contribution in [-0.4, -0.2) is 12.6 Å². The molecule has 0 heterocycles. The molecule has 2 nitrogen and oxygen atoms in total. The van der Waals surface area contributed by atoms with Gasteiger partial charge in [-0.3, -0.25) is 4.79 Å². The molecule has 2 heteroatoms. The van der Waals surface area contributed by atoms with Crippen molar-refractivity contribution in [1.29, 1.82) is 0 Å². The van der Waals surface area contributed by atoms with Crippen LogP contribution < -0.4 is 0 Å². The molecule has 1 atom stereocenters. The SMILES string of the molecule is C=CC(C)C#CCCCCCCCCOC(C)=O. The van der Waals surface area contributed by atoms with Crippen LogP contribution in [0.25, 0.3) is 0 Å². The number of esters is 1. The third-order valence-corrected chi connectivity index (χ3v) is 2.68. The Balaban J connectivity index is 3.18. The van der Waals surface area contributed by atoms with Crippen molar-refractivity contribution in [2.75, 3.05) is 6.61 Å². The highest BCUT2D eigenvalue weighted by atomic mass is 16.5. The van der Waals surface area contributed by atoms with Gasteiger partial charge in [0, 0.05) is 19.3 Å². The topological polar surface area (TPSA) is 26.3 Å². The van der Waals surface area contributed by atoms with Crippen LogP contribution >= 0.6 is 0 Å². The number of carbonyl (C=O) groups excluding carboxylic acids is 1. The van der Waals surface area contributed by atoms with E-state index in [0.717, 1.165) is 19.3 Å². The number of unbranched alkanes of at least 4 members (excludes halogenated alkanes) is 6. The van der Waals surface area contributed by atoms with Crippen LogP contribution in [0.15, 0.2) is 12.7 Å². The first kappa shape index (κ1) is 16.8. The molecule has 0 aromatic carbocycles. The fourth-order valence-electron chi connectivity index (χ4n) is 1.53. The first-order valence-electron chi connectivity index (χ1n) is 6.91. The van der Waals surface area contributed by atoms with E-state index in [0.29, 0.717) is 12.5 Å². The normalized spacial score (nSPS) is 11.2. The molecular weight excluding hydrogens is 224 g/mol. The molecule has 0 saturated heterocycles. The second-order valence-corrected chi connectivity index (χ2v) is 4.56. The second-order valence-electron chi connectivity index (χ2n) is 4.56. The first-order chi connectivity index (χ1) is 8.66. The van der Waals surface area contributed by atoms with Crippen LogP contribution in [0.5, 0.6) is 0 Å². The molecular formula is C16H26O2. The molecule has 0 aliphatic carbocycles. The largest absolute Gasteiger partial charge is 0.466 e. The summed E-state index contributed by atoms with van der Waals surface area (Å²) < 4.78 is 4.87. The Morgan fingerprint density at radius 3 is 2.44 bits per heavy atom. The zero-order valence-corrected chi connectivity index (χ0v) is 11.8. The highest BCUT2D eigenvalue weighted by Crippen LogP contribution is 2.07. The van der Waals surface area contributed by atoms with E-state index < -0.39 is 0 Å². The third kappa shape index (κ3) is 12.8. The highest BCUT2D eigenvalue weighted by Gasteiger charge is 1.94. The summed E-state index contributed by atoms with van der Waals surface area (Å²) in [5.74, 6) is 6.46. The summed E-state index contributed by atoms with van der Waals surface area (Å²) >= 11 is 0. The van der Waals surface area contributed by atoms with Gasteiger partial charge in [-0.25, -0.2) is 0 Å². The third-order valence-electron chi connectivity index (χ3n) is 2.68. The number of hydrogen-bond donors (Lipinski definition) is 0. The lowest BCUT2D eigenvalue weighted by molar-refractivity contribution is -0.141. The summed E-state index contributed by atoms with van der Waals surface area (Å²) in [5, 5.41) is 0. The zero-order chi connectivity index (χ0) is 13.6. The molecule has 0 N–H and O–H groups in total. The van der Waals surface area contributed by atoms with Crippen molar-refractivity contribution in [1.82, 2.24) is 0 Å². The van der Waals surface area contributed by atoms with Crippen LogP contribution in [-0.2, 0) is 9.53 Å². The Hall–Kier alpha value is -1.23. The van der Waals surface area contributed by atoms with Gasteiger partial charge in [-0.15, -0.1) is 12.5 Å². The molecule has 0 bridgehead atoms. The summed E-state index contributed by atoms with van der Waals surface area (Å²) in [4.78, 5) is 10.5. The summed E-state index contributed by atoms with van der Waals surface area (Å²) in [7, 11) is 0. The average Bonchev–Trinajstić information content (AvgIpc) is 2.35. The molecule has 0 aromatic heterocycles. The Morgan fingerprint density at radius 2 is 1.83 bits per heavy atom. The summed E-state index contributed by atoms with van der Waals surface area (Å²) in [5.41, 5.74) is 0. The van der Waals surface area contributed by atoms with Crippen molar-refractivity contribution in [3.8, 4) is 11.8 Å². The van der Waals surface area contributed by atoms with Gasteiger partial charge in [0.25, 0.3) is 0 Å². The van der Waals surface area contributed by atoms with E-state index in [1.54, 1.807) is 0 Å². The van der Waals surface area contributed by atoms with Crippen molar-refractivity contribution < 1.29 is 9.53 Å². The maximum Gasteiger partial charge on any atom is 0.302 e. The summed E-state index contributed by atoms with van der Waals surface area (Å²) in [6, 6.07) is 0. The van der Waals surface area contributed by atoms with Gasteiger partial charge in [-0.1, -0.05) is 37.7 Å². The molecule has 0 radical (unpaired) electrons. The Kier molecular flexibility index (Phi) is 11.4. The lowest BCUT2D eigenvalue weighted by Crippen LogP contribution is -1.99. The smallest absolute Gasteiger partial charge is 0.302 e. The minimum Gasteiger partial charge on any atom is -0.466 e. The predicted octanol–water partition coefficient (Wildman–Crippen LogP) is 4.11. The quantitative estimate of drug-likeness (QED) is 0.266. The van der Waals surface area contributed by atoms with Gasteiger partial charge < -0.3 is 4.74 Å². The maximum absolute atomic E-state index is 10.5. The minimum absolute atomic E-state index is 0.178. The number of hydrogen-bond acceptors (Lipinski definition) is 2. The monoisotopic (exact) mass is 250 g/mol. The molecule has 0 aliphatic heterocycles. The standard InChI is InChI=1S/C16H26O2/c1-4-15(2)13-11-9-7-5-6-8-10-12-14-18-16(3)17/h4,15H,1,5-10,12,14H2,2-3H3. The van der Waals surface area contributed by atoms with Crippen LogP contribution in [0.4, 0.5) is 0 Å². The Morgan fingerprint density at radius 1 is 1.22 bits per heavy atom. The van der Waals surface area contributed by atoms with Crippen LogP contribution in [0.2, 0.25) is 0 Å². The molecule has 18 heavy (non-hydrogen) atoms. The van der Waals surface area contributed by atoms with E-state index in [-0.39, 0.29) is 5.97 Å². The van der Waals surface area contributed by atoms with E-state index in [9.17, 15) is 4.79 Å². The Labute approximate surface area is 112 Å². The van der Waals surface area contributed by atoms with Crippen LogP contribution in [0.1, 0.15) is 58.8 Å². The lowest BCUT2D eigenvalue weighted by atomic mass is 10.1. The van der Waals surface area contributed by atoms with Gasteiger partial charge in [0.05, 0.1) is 6.61 Å². The second kappa shape index (κ2) is 12.2. The van der Waals surface area contributed by atoms with Crippen LogP contribution in [0, 0.1) is 17.8 Å². The van der Waals surface area contributed by atoms with E-state index in [4.69, 9.17) is 4.74 Å². The molecule has 0 fully saturated rings.